The minimum atomic E-state index is 0.796. The fourth-order valence-corrected chi connectivity index (χ4v) is 1.90. The molecule has 2 rings (SSSR count). The summed E-state index contributed by atoms with van der Waals surface area (Å²) >= 11 is 3.42. The molecule has 1 aromatic heterocycles. The molecule has 0 fully saturated rings. The standard InChI is InChI=1S/C11H12BrN3O/c1-13-11-14-5-6-15(11)8-3-4-9(12)10(7-8)16-2/h3-7H,1-2H3,(H,13,14). The molecule has 1 heterocycles. The molecule has 0 aliphatic carbocycles. The van der Waals surface area contributed by atoms with Gasteiger partial charge in [-0.05, 0) is 28.1 Å². The van der Waals surface area contributed by atoms with Crippen molar-refractivity contribution in [3.8, 4) is 11.4 Å². The van der Waals surface area contributed by atoms with Crippen LogP contribution in [0.4, 0.5) is 5.95 Å². The van der Waals surface area contributed by atoms with Gasteiger partial charge in [-0.1, -0.05) is 0 Å². The second kappa shape index (κ2) is 4.57. The number of imidazole rings is 1. The van der Waals surface area contributed by atoms with Crippen LogP contribution in [-0.2, 0) is 0 Å². The van der Waals surface area contributed by atoms with Gasteiger partial charge in [0.25, 0.3) is 0 Å². The van der Waals surface area contributed by atoms with Gasteiger partial charge in [-0.2, -0.15) is 0 Å². The van der Waals surface area contributed by atoms with E-state index in [1.165, 1.54) is 0 Å². The predicted molar refractivity (Wildman–Crippen MR) is 67.4 cm³/mol. The van der Waals surface area contributed by atoms with E-state index in [9.17, 15) is 0 Å². The van der Waals surface area contributed by atoms with E-state index in [1.807, 2.05) is 36.0 Å². The maximum Gasteiger partial charge on any atom is 0.207 e. The van der Waals surface area contributed by atoms with E-state index in [0.29, 0.717) is 0 Å². The Balaban J connectivity index is 2.48. The summed E-state index contributed by atoms with van der Waals surface area (Å²) in [6.07, 6.45) is 3.65. The number of rotatable bonds is 3. The highest BCUT2D eigenvalue weighted by atomic mass is 79.9. The van der Waals surface area contributed by atoms with Crippen molar-refractivity contribution in [2.75, 3.05) is 19.5 Å². The van der Waals surface area contributed by atoms with Crippen LogP contribution in [0.5, 0.6) is 5.75 Å². The lowest BCUT2D eigenvalue weighted by Crippen LogP contribution is -2.00. The van der Waals surface area contributed by atoms with Crippen molar-refractivity contribution >= 4 is 21.9 Å². The van der Waals surface area contributed by atoms with Gasteiger partial charge in [0.05, 0.1) is 17.3 Å². The Hall–Kier alpha value is -1.49. The molecule has 4 nitrogen and oxygen atoms in total. The fourth-order valence-electron chi connectivity index (χ4n) is 1.50. The lowest BCUT2D eigenvalue weighted by Gasteiger charge is -2.09. The Bertz CT molecular complexity index is 496. The van der Waals surface area contributed by atoms with E-state index in [4.69, 9.17) is 4.74 Å². The Kier molecular flexibility index (Phi) is 3.14. The number of methoxy groups -OCH3 is 1. The van der Waals surface area contributed by atoms with E-state index >= 15 is 0 Å². The Morgan fingerprint density at radius 1 is 1.44 bits per heavy atom. The lowest BCUT2D eigenvalue weighted by atomic mass is 10.3. The largest absolute Gasteiger partial charge is 0.495 e. The van der Waals surface area contributed by atoms with E-state index in [0.717, 1.165) is 21.9 Å². The van der Waals surface area contributed by atoms with Crippen LogP contribution in [0.15, 0.2) is 35.1 Å². The number of ether oxygens (including phenoxy) is 1. The summed E-state index contributed by atoms with van der Waals surface area (Å²) in [6.45, 7) is 0. The normalized spacial score (nSPS) is 10.2. The summed E-state index contributed by atoms with van der Waals surface area (Å²) in [6, 6.07) is 5.90. The average Bonchev–Trinajstić information content (AvgIpc) is 2.78. The molecule has 16 heavy (non-hydrogen) atoms. The molecule has 0 atom stereocenters. The predicted octanol–water partition coefficient (Wildman–Crippen LogP) is 2.69. The Morgan fingerprint density at radius 3 is 2.94 bits per heavy atom. The average molecular weight is 282 g/mol. The monoisotopic (exact) mass is 281 g/mol. The second-order valence-corrected chi connectivity index (χ2v) is 4.04. The van der Waals surface area contributed by atoms with Crippen LogP contribution in [0.25, 0.3) is 5.69 Å². The first-order chi connectivity index (χ1) is 7.76. The zero-order valence-corrected chi connectivity index (χ0v) is 10.7. The zero-order valence-electron chi connectivity index (χ0n) is 9.07. The summed E-state index contributed by atoms with van der Waals surface area (Å²) in [7, 11) is 3.49. The van der Waals surface area contributed by atoms with Gasteiger partial charge in [0.15, 0.2) is 0 Å². The summed E-state index contributed by atoms with van der Waals surface area (Å²) in [4.78, 5) is 4.19. The van der Waals surface area contributed by atoms with Crippen LogP contribution in [0.2, 0.25) is 0 Å². The van der Waals surface area contributed by atoms with E-state index in [1.54, 1.807) is 13.3 Å². The third-order valence-corrected chi connectivity index (χ3v) is 2.93. The van der Waals surface area contributed by atoms with Crippen molar-refractivity contribution in [2.45, 2.75) is 0 Å². The summed E-state index contributed by atoms with van der Waals surface area (Å²) in [5.41, 5.74) is 1.00. The number of anilines is 1. The van der Waals surface area contributed by atoms with Crippen LogP contribution in [0, 0.1) is 0 Å². The quantitative estimate of drug-likeness (QED) is 0.940. The number of halogens is 1. The Morgan fingerprint density at radius 2 is 2.25 bits per heavy atom. The molecule has 5 heteroatoms. The molecular formula is C11H12BrN3O. The molecule has 0 saturated carbocycles. The minimum absolute atomic E-state index is 0.796. The topological polar surface area (TPSA) is 39.1 Å². The Labute approximate surface area is 102 Å². The first kappa shape index (κ1) is 11.0. The number of benzene rings is 1. The summed E-state index contributed by atoms with van der Waals surface area (Å²) in [5, 5.41) is 3.03. The van der Waals surface area contributed by atoms with E-state index in [2.05, 4.69) is 26.2 Å². The molecule has 84 valence electrons. The van der Waals surface area contributed by atoms with Gasteiger partial charge < -0.3 is 10.1 Å². The maximum atomic E-state index is 5.26. The molecule has 0 unspecified atom stereocenters. The first-order valence-electron chi connectivity index (χ1n) is 4.81. The molecule has 0 aliphatic rings. The maximum absolute atomic E-state index is 5.26. The molecule has 1 N–H and O–H groups in total. The van der Waals surface area contributed by atoms with Crippen LogP contribution in [-0.4, -0.2) is 23.7 Å². The highest BCUT2D eigenvalue weighted by Crippen LogP contribution is 2.28. The lowest BCUT2D eigenvalue weighted by molar-refractivity contribution is 0.412. The van der Waals surface area contributed by atoms with Crippen molar-refractivity contribution in [2.24, 2.45) is 0 Å². The smallest absolute Gasteiger partial charge is 0.207 e. The van der Waals surface area contributed by atoms with Gasteiger partial charge >= 0.3 is 0 Å². The number of aromatic nitrogens is 2. The van der Waals surface area contributed by atoms with Crippen LogP contribution >= 0.6 is 15.9 Å². The number of hydrogen-bond donors (Lipinski definition) is 1. The van der Waals surface area contributed by atoms with Crippen molar-refractivity contribution < 1.29 is 4.74 Å². The molecule has 0 spiro atoms. The van der Waals surface area contributed by atoms with E-state index in [-0.39, 0.29) is 0 Å². The molecule has 1 aromatic carbocycles. The SMILES string of the molecule is CNc1nccn1-c1ccc(Br)c(OC)c1. The van der Waals surface area contributed by atoms with Gasteiger partial charge in [-0.15, -0.1) is 0 Å². The highest BCUT2D eigenvalue weighted by molar-refractivity contribution is 9.10. The molecule has 2 aromatic rings. The van der Waals surface area contributed by atoms with Gasteiger partial charge in [-0.25, -0.2) is 4.98 Å². The minimum Gasteiger partial charge on any atom is -0.495 e. The van der Waals surface area contributed by atoms with Crippen molar-refractivity contribution in [3.05, 3.63) is 35.1 Å². The molecular weight excluding hydrogens is 270 g/mol. The molecule has 0 radical (unpaired) electrons. The number of nitrogens with zero attached hydrogens (tertiary/aromatic N) is 2. The van der Waals surface area contributed by atoms with Gasteiger partial charge in [0.2, 0.25) is 5.95 Å². The van der Waals surface area contributed by atoms with Crippen LogP contribution in [0.1, 0.15) is 0 Å². The van der Waals surface area contributed by atoms with Crippen LogP contribution in [0.3, 0.4) is 0 Å². The van der Waals surface area contributed by atoms with Gasteiger partial charge in [0, 0.05) is 25.5 Å². The number of hydrogen-bond acceptors (Lipinski definition) is 3. The second-order valence-electron chi connectivity index (χ2n) is 3.19. The van der Waals surface area contributed by atoms with Crippen LogP contribution < -0.4 is 10.1 Å². The molecule has 0 amide bonds. The third kappa shape index (κ3) is 1.90. The highest BCUT2D eigenvalue weighted by Gasteiger charge is 2.06. The molecule has 0 bridgehead atoms. The first-order valence-corrected chi connectivity index (χ1v) is 5.60. The van der Waals surface area contributed by atoms with Crippen molar-refractivity contribution in [3.63, 3.8) is 0 Å². The van der Waals surface area contributed by atoms with Gasteiger partial charge in [0.1, 0.15) is 5.75 Å². The fraction of sp³-hybridized carbons (Fsp3) is 0.182. The summed E-state index contributed by atoms with van der Waals surface area (Å²) < 4.78 is 8.14. The molecule has 0 saturated heterocycles. The number of nitrogens with one attached hydrogen (secondary N) is 1. The van der Waals surface area contributed by atoms with Crippen molar-refractivity contribution in [1.82, 2.24) is 9.55 Å². The van der Waals surface area contributed by atoms with Crippen molar-refractivity contribution in [1.29, 1.82) is 0 Å². The summed E-state index contributed by atoms with van der Waals surface area (Å²) in [5.74, 6) is 1.60. The van der Waals surface area contributed by atoms with E-state index < -0.39 is 0 Å². The molecule has 0 aliphatic heterocycles. The zero-order chi connectivity index (χ0) is 11.5. The third-order valence-electron chi connectivity index (χ3n) is 2.28. The van der Waals surface area contributed by atoms with Gasteiger partial charge in [-0.3, -0.25) is 4.57 Å².